The summed E-state index contributed by atoms with van der Waals surface area (Å²) in [6.45, 7) is 4.92. The summed E-state index contributed by atoms with van der Waals surface area (Å²) in [6.07, 6.45) is 0. The van der Waals surface area contributed by atoms with Crippen molar-refractivity contribution in [3.63, 3.8) is 0 Å². The molecule has 9 heteroatoms. The Bertz CT molecular complexity index is 1170. The normalized spacial score (nSPS) is 15.1. The number of nitrogens with one attached hydrogen (secondary N) is 3. The molecule has 0 fully saturated rings. The quantitative estimate of drug-likeness (QED) is 0.420. The van der Waals surface area contributed by atoms with E-state index in [1.807, 2.05) is 63.2 Å². The molecular weight excluding hydrogens is 430 g/mol. The van der Waals surface area contributed by atoms with Crippen molar-refractivity contribution in [2.45, 2.75) is 32.0 Å². The number of nitrogen functional groups attached to an aromatic ring is 1. The number of rotatable bonds is 6. The van der Waals surface area contributed by atoms with Crippen molar-refractivity contribution >= 4 is 23.4 Å². The molecule has 0 saturated carbocycles. The van der Waals surface area contributed by atoms with Crippen LogP contribution in [0.5, 0.6) is 0 Å². The maximum absolute atomic E-state index is 13.4. The van der Waals surface area contributed by atoms with E-state index in [1.54, 1.807) is 29.2 Å². The zero-order chi connectivity index (χ0) is 24.5. The number of hydrogen-bond donors (Lipinski definition) is 4. The highest BCUT2D eigenvalue weighted by atomic mass is 16.2. The van der Waals surface area contributed by atoms with Crippen molar-refractivity contribution in [1.29, 1.82) is 0 Å². The second-order valence-corrected chi connectivity index (χ2v) is 9.32. The maximum Gasteiger partial charge on any atom is 0.319 e. The van der Waals surface area contributed by atoms with Gasteiger partial charge in [-0.2, -0.15) is 5.10 Å². The summed E-state index contributed by atoms with van der Waals surface area (Å²) in [5.41, 5.74) is 8.79. The van der Waals surface area contributed by atoms with Gasteiger partial charge in [-0.25, -0.2) is 4.79 Å². The zero-order valence-electron chi connectivity index (χ0n) is 19.9. The van der Waals surface area contributed by atoms with E-state index in [0.29, 0.717) is 30.2 Å². The van der Waals surface area contributed by atoms with E-state index in [9.17, 15) is 9.59 Å². The van der Waals surface area contributed by atoms with Crippen LogP contribution in [0.25, 0.3) is 0 Å². The lowest BCUT2D eigenvalue weighted by atomic mass is 10.0. The number of nitrogens with zero attached hydrogens (tertiary/aromatic N) is 3. The van der Waals surface area contributed by atoms with Gasteiger partial charge in [0.2, 0.25) is 0 Å². The zero-order valence-corrected chi connectivity index (χ0v) is 19.9. The first-order chi connectivity index (χ1) is 16.2. The molecule has 3 amide bonds. The molecule has 1 atom stereocenters. The Labute approximate surface area is 199 Å². The van der Waals surface area contributed by atoms with Gasteiger partial charge in [-0.1, -0.05) is 30.3 Å². The van der Waals surface area contributed by atoms with Gasteiger partial charge in [0.05, 0.1) is 23.8 Å². The number of urea groups is 1. The summed E-state index contributed by atoms with van der Waals surface area (Å²) in [4.78, 5) is 30.0. The second-order valence-electron chi connectivity index (χ2n) is 9.32. The third-order valence-electron chi connectivity index (χ3n) is 6.17. The van der Waals surface area contributed by atoms with E-state index in [4.69, 9.17) is 5.73 Å². The summed E-state index contributed by atoms with van der Waals surface area (Å²) in [7, 11) is 3.96. The molecule has 9 nitrogen and oxygen atoms in total. The highest BCUT2D eigenvalue weighted by Gasteiger charge is 2.44. The van der Waals surface area contributed by atoms with Gasteiger partial charge in [-0.3, -0.25) is 9.89 Å². The van der Waals surface area contributed by atoms with Gasteiger partial charge in [0.1, 0.15) is 0 Å². The highest BCUT2D eigenvalue weighted by molar-refractivity contribution is 6.04. The van der Waals surface area contributed by atoms with Crippen LogP contribution in [-0.2, 0) is 12.1 Å². The molecule has 0 saturated heterocycles. The SMILES string of the molecule is CN(C)C[C@@H](NC(=O)N1Cc2c(NC(=O)c3ccc(N)cc3)n[nH]c2C1(C)C)c1ccccc1. The van der Waals surface area contributed by atoms with Crippen molar-refractivity contribution in [3.8, 4) is 0 Å². The van der Waals surface area contributed by atoms with Crippen LogP contribution in [0.3, 0.4) is 0 Å². The molecule has 0 radical (unpaired) electrons. The predicted molar refractivity (Wildman–Crippen MR) is 132 cm³/mol. The van der Waals surface area contributed by atoms with Crippen LogP contribution in [0.4, 0.5) is 16.3 Å². The molecule has 1 aromatic heterocycles. The lowest BCUT2D eigenvalue weighted by Crippen LogP contribution is -2.48. The maximum atomic E-state index is 13.4. The topological polar surface area (TPSA) is 119 Å². The van der Waals surface area contributed by atoms with Crippen molar-refractivity contribution in [2.75, 3.05) is 31.7 Å². The average Bonchev–Trinajstić information content (AvgIpc) is 3.32. The minimum Gasteiger partial charge on any atom is -0.399 e. The Morgan fingerprint density at radius 2 is 1.82 bits per heavy atom. The van der Waals surface area contributed by atoms with Gasteiger partial charge in [-0.05, 0) is 57.8 Å². The number of carbonyl (C=O) groups excluding carboxylic acids is 2. The molecule has 34 heavy (non-hydrogen) atoms. The smallest absolute Gasteiger partial charge is 0.319 e. The molecule has 2 heterocycles. The number of likely N-dealkylation sites (N-methyl/N-ethyl adjacent to an activating group) is 1. The summed E-state index contributed by atoms with van der Waals surface area (Å²) < 4.78 is 0. The largest absolute Gasteiger partial charge is 0.399 e. The lowest BCUT2D eigenvalue weighted by molar-refractivity contribution is 0.102. The van der Waals surface area contributed by atoms with Gasteiger partial charge in [-0.15, -0.1) is 0 Å². The Kier molecular flexibility index (Phi) is 6.30. The number of fused-ring (bicyclic) bond motifs is 1. The molecule has 0 spiro atoms. The van der Waals surface area contributed by atoms with E-state index < -0.39 is 5.54 Å². The third kappa shape index (κ3) is 4.60. The molecule has 0 bridgehead atoms. The van der Waals surface area contributed by atoms with Gasteiger partial charge < -0.3 is 26.2 Å². The Morgan fingerprint density at radius 3 is 2.47 bits per heavy atom. The number of nitrogens with two attached hydrogens (primary N) is 1. The molecule has 0 aliphatic carbocycles. The van der Waals surface area contributed by atoms with Crippen LogP contribution in [0.1, 0.15) is 47.1 Å². The molecule has 5 N–H and O–H groups in total. The van der Waals surface area contributed by atoms with Gasteiger partial charge in [0.25, 0.3) is 5.91 Å². The molecule has 1 aliphatic rings. The summed E-state index contributed by atoms with van der Waals surface area (Å²) in [5, 5.41) is 13.4. The number of hydrogen-bond acceptors (Lipinski definition) is 5. The Hall–Kier alpha value is -3.85. The fourth-order valence-electron chi connectivity index (χ4n) is 4.27. The van der Waals surface area contributed by atoms with Crippen molar-refractivity contribution in [1.82, 2.24) is 25.3 Å². The summed E-state index contributed by atoms with van der Waals surface area (Å²) in [5.74, 6) is 0.137. The average molecular weight is 462 g/mol. The number of amides is 3. The third-order valence-corrected chi connectivity index (χ3v) is 6.17. The van der Waals surface area contributed by atoms with Crippen LogP contribution in [0.2, 0.25) is 0 Å². The Balaban J connectivity index is 1.52. The minimum atomic E-state index is -0.629. The lowest BCUT2D eigenvalue weighted by Gasteiger charge is -2.34. The fraction of sp³-hybridized carbons (Fsp3) is 0.320. The van der Waals surface area contributed by atoms with E-state index in [2.05, 4.69) is 20.8 Å². The van der Waals surface area contributed by atoms with Gasteiger partial charge >= 0.3 is 6.03 Å². The number of benzene rings is 2. The van der Waals surface area contributed by atoms with Crippen LogP contribution in [0.15, 0.2) is 54.6 Å². The predicted octanol–water partition coefficient (Wildman–Crippen LogP) is 3.31. The standard InChI is InChI=1S/C25H31N7O2/c1-25(2)21-19(22(30-29-21)28-23(33)17-10-12-18(26)13-11-17)14-32(25)24(34)27-20(15-31(3)4)16-8-6-5-7-9-16/h5-13,20H,14-15,26H2,1-4H3,(H,27,34)(H2,28,29,30,33)/t20-/m1/s1. The van der Waals surface area contributed by atoms with Crippen LogP contribution in [-0.4, -0.2) is 52.6 Å². The van der Waals surface area contributed by atoms with E-state index in [-0.39, 0.29) is 18.0 Å². The molecule has 4 rings (SSSR count). The molecule has 2 aromatic carbocycles. The van der Waals surface area contributed by atoms with E-state index >= 15 is 0 Å². The first kappa shape index (κ1) is 23.3. The van der Waals surface area contributed by atoms with Crippen molar-refractivity contribution in [2.24, 2.45) is 0 Å². The van der Waals surface area contributed by atoms with Crippen LogP contribution < -0.4 is 16.4 Å². The first-order valence-corrected chi connectivity index (χ1v) is 11.2. The fourth-order valence-corrected chi connectivity index (χ4v) is 4.27. The van der Waals surface area contributed by atoms with E-state index in [1.165, 1.54) is 0 Å². The number of aromatic amines is 1. The molecular formula is C25H31N7O2. The van der Waals surface area contributed by atoms with E-state index in [0.717, 1.165) is 16.8 Å². The highest BCUT2D eigenvalue weighted by Crippen LogP contribution is 2.40. The first-order valence-electron chi connectivity index (χ1n) is 11.2. The number of anilines is 2. The Morgan fingerprint density at radius 1 is 1.15 bits per heavy atom. The van der Waals surface area contributed by atoms with Gasteiger partial charge in [0, 0.05) is 23.4 Å². The number of carbonyl (C=O) groups is 2. The molecule has 0 unspecified atom stereocenters. The summed E-state index contributed by atoms with van der Waals surface area (Å²) >= 11 is 0. The number of aromatic nitrogens is 2. The molecule has 178 valence electrons. The van der Waals surface area contributed by atoms with Crippen LogP contribution in [0, 0.1) is 0 Å². The summed E-state index contributed by atoms with van der Waals surface area (Å²) in [6, 6.07) is 16.3. The molecule has 3 aromatic rings. The van der Waals surface area contributed by atoms with Crippen LogP contribution >= 0.6 is 0 Å². The second kappa shape index (κ2) is 9.18. The minimum absolute atomic E-state index is 0.166. The number of H-pyrrole nitrogens is 1. The monoisotopic (exact) mass is 461 g/mol. The van der Waals surface area contributed by atoms with Crippen molar-refractivity contribution in [3.05, 3.63) is 77.0 Å². The van der Waals surface area contributed by atoms with Gasteiger partial charge in [0.15, 0.2) is 5.82 Å². The van der Waals surface area contributed by atoms with Crippen molar-refractivity contribution < 1.29 is 9.59 Å². The molecule has 1 aliphatic heterocycles.